The minimum absolute atomic E-state index is 0.634. The van der Waals surface area contributed by atoms with Gasteiger partial charge in [-0.15, -0.1) is 0 Å². The van der Waals surface area contributed by atoms with Crippen molar-refractivity contribution >= 4 is 29.1 Å². The lowest BCUT2D eigenvalue weighted by atomic mass is 10.1. The van der Waals surface area contributed by atoms with Crippen molar-refractivity contribution in [1.82, 2.24) is 9.07 Å². The Balaban J connectivity index is 2.70. The normalized spacial score (nSPS) is 10.9. The summed E-state index contributed by atoms with van der Waals surface area (Å²) in [4.78, 5) is 15.3. The van der Waals surface area contributed by atoms with E-state index in [4.69, 9.17) is 11.8 Å². The molecule has 0 radical (unpaired) electrons. The SMILES string of the molecule is CCCc1nc2c(C)cc(C=O)cc2n1Cl. The molecule has 0 spiro atoms. The molecule has 2 rings (SSSR count). The van der Waals surface area contributed by atoms with E-state index in [-0.39, 0.29) is 0 Å². The molecule has 2 aromatic rings. The highest BCUT2D eigenvalue weighted by molar-refractivity contribution is 6.19. The van der Waals surface area contributed by atoms with Crippen molar-refractivity contribution in [3.63, 3.8) is 0 Å². The van der Waals surface area contributed by atoms with Gasteiger partial charge in [-0.1, -0.05) is 6.92 Å². The number of nitrogens with zero attached hydrogens (tertiary/aromatic N) is 2. The molecule has 0 aliphatic carbocycles. The van der Waals surface area contributed by atoms with E-state index in [1.54, 1.807) is 10.2 Å². The van der Waals surface area contributed by atoms with Gasteiger partial charge in [0.1, 0.15) is 12.1 Å². The van der Waals surface area contributed by atoms with Gasteiger partial charge < -0.3 is 0 Å². The fourth-order valence-corrected chi connectivity index (χ4v) is 2.09. The second-order valence-electron chi connectivity index (χ2n) is 3.88. The Bertz CT molecular complexity index is 545. The van der Waals surface area contributed by atoms with Crippen LogP contribution < -0.4 is 0 Å². The smallest absolute Gasteiger partial charge is 0.150 e. The molecule has 1 heterocycles. The third kappa shape index (κ3) is 1.71. The number of rotatable bonds is 3. The van der Waals surface area contributed by atoms with Crippen molar-refractivity contribution in [2.75, 3.05) is 0 Å². The maximum absolute atomic E-state index is 10.8. The molecule has 0 aliphatic heterocycles. The van der Waals surface area contributed by atoms with Crippen LogP contribution in [0.2, 0.25) is 0 Å². The second kappa shape index (κ2) is 4.26. The Morgan fingerprint density at radius 3 is 2.88 bits per heavy atom. The van der Waals surface area contributed by atoms with E-state index >= 15 is 0 Å². The zero-order valence-corrected chi connectivity index (χ0v) is 10.1. The van der Waals surface area contributed by atoms with Gasteiger partial charge in [-0.25, -0.2) is 9.07 Å². The Labute approximate surface area is 99.2 Å². The lowest BCUT2D eigenvalue weighted by molar-refractivity contribution is 0.112. The standard InChI is InChI=1S/C12H13ClN2O/c1-3-4-11-14-12-8(2)5-9(7-16)6-10(12)15(11)13/h5-7H,3-4H2,1-2H3. The van der Waals surface area contributed by atoms with E-state index in [2.05, 4.69) is 11.9 Å². The highest BCUT2D eigenvalue weighted by Gasteiger charge is 2.11. The second-order valence-corrected chi connectivity index (χ2v) is 4.22. The maximum atomic E-state index is 10.8. The van der Waals surface area contributed by atoms with Crippen molar-refractivity contribution in [2.24, 2.45) is 0 Å². The Hall–Kier alpha value is -1.35. The molecular formula is C12H13ClN2O. The van der Waals surface area contributed by atoms with Crippen LogP contribution in [0.1, 0.15) is 35.1 Å². The summed E-state index contributed by atoms with van der Waals surface area (Å²) in [6, 6.07) is 3.60. The molecule has 84 valence electrons. The zero-order chi connectivity index (χ0) is 11.7. The van der Waals surface area contributed by atoms with Crippen molar-refractivity contribution < 1.29 is 4.79 Å². The van der Waals surface area contributed by atoms with E-state index in [1.807, 2.05) is 13.0 Å². The largest absolute Gasteiger partial charge is 0.298 e. The van der Waals surface area contributed by atoms with Gasteiger partial charge in [-0.3, -0.25) is 4.79 Å². The van der Waals surface area contributed by atoms with Gasteiger partial charge in [0.2, 0.25) is 0 Å². The molecule has 0 saturated heterocycles. The zero-order valence-electron chi connectivity index (χ0n) is 9.33. The number of fused-ring (bicyclic) bond motifs is 1. The van der Waals surface area contributed by atoms with Crippen LogP contribution in [-0.4, -0.2) is 15.4 Å². The molecule has 0 aliphatic rings. The van der Waals surface area contributed by atoms with Crippen LogP contribution in [0.5, 0.6) is 0 Å². The van der Waals surface area contributed by atoms with Gasteiger partial charge >= 0.3 is 0 Å². The summed E-state index contributed by atoms with van der Waals surface area (Å²) >= 11 is 6.18. The Kier molecular flexibility index (Phi) is 2.97. The lowest BCUT2D eigenvalue weighted by Gasteiger charge is -1.98. The molecule has 0 atom stereocenters. The molecule has 4 heteroatoms. The number of aromatic nitrogens is 2. The lowest BCUT2D eigenvalue weighted by Crippen LogP contribution is -1.91. The molecule has 0 fully saturated rings. The van der Waals surface area contributed by atoms with Gasteiger partial charge in [0.05, 0.1) is 11.0 Å². The van der Waals surface area contributed by atoms with Gasteiger partial charge in [0.25, 0.3) is 0 Å². The monoisotopic (exact) mass is 236 g/mol. The summed E-state index contributed by atoms with van der Waals surface area (Å²) in [6.45, 7) is 4.02. The molecular weight excluding hydrogens is 224 g/mol. The molecule has 1 aromatic carbocycles. The van der Waals surface area contributed by atoms with Gasteiger partial charge in [-0.05, 0) is 31.0 Å². The first kappa shape index (κ1) is 11.1. The predicted molar refractivity (Wildman–Crippen MR) is 65.1 cm³/mol. The number of hydrogen-bond acceptors (Lipinski definition) is 2. The molecule has 1 aromatic heterocycles. The van der Waals surface area contributed by atoms with Crippen molar-refractivity contribution in [3.05, 3.63) is 29.1 Å². The van der Waals surface area contributed by atoms with Crippen molar-refractivity contribution in [3.8, 4) is 0 Å². The topological polar surface area (TPSA) is 34.9 Å². The molecule has 0 N–H and O–H groups in total. The van der Waals surface area contributed by atoms with Crippen LogP contribution in [0.4, 0.5) is 0 Å². The van der Waals surface area contributed by atoms with Crippen LogP contribution in [0.3, 0.4) is 0 Å². The fraction of sp³-hybridized carbons (Fsp3) is 0.333. The highest BCUT2D eigenvalue weighted by atomic mass is 35.5. The number of hydrogen-bond donors (Lipinski definition) is 0. The van der Waals surface area contributed by atoms with Crippen molar-refractivity contribution in [2.45, 2.75) is 26.7 Å². The molecule has 16 heavy (non-hydrogen) atoms. The number of imidazole rings is 1. The third-order valence-corrected chi connectivity index (χ3v) is 2.97. The Morgan fingerprint density at radius 2 is 2.25 bits per heavy atom. The predicted octanol–water partition coefficient (Wildman–Crippen LogP) is 3.11. The summed E-state index contributed by atoms with van der Waals surface area (Å²) in [5, 5.41) is 0. The molecule has 0 saturated carbocycles. The summed E-state index contributed by atoms with van der Waals surface area (Å²) in [5.41, 5.74) is 3.31. The van der Waals surface area contributed by atoms with Crippen molar-refractivity contribution in [1.29, 1.82) is 0 Å². The van der Waals surface area contributed by atoms with Gasteiger partial charge in [0.15, 0.2) is 0 Å². The minimum Gasteiger partial charge on any atom is -0.298 e. The number of carbonyl (C=O) groups excluding carboxylic acids is 1. The summed E-state index contributed by atoms with van der Waals surface area (Å²) < 4.78 is 1.55. The van der Waals surface area contributed by atoms with E-state index in [0.29, 0.717) is 5.56 Å². The van der Waals surface area contributed by atoms with Crippen LogP contribution in [0, 0.1) is 6.92 Å². The van der Waals surface area contributed by atoms with Crippen LogP contribution in [0.15, 0.2) is 12.1 Å². The number of carbonyl (C=O) groups is 1. The van der Waals surface area contributed by atoms with Gasteiger partial charge in [-0.2, -0.15) is 0 Å². The average molecular weight is 237 g/mol. The quantitative estimate of drug-likeness (QED) is 0.768. The third-order valence-electron chi connectivity index (χ3n) is 2.59. The maximum Gasteiger partial charge on any atom is 0.150 e. The van der Waals surface area contributed by atoms with E-state index in [0.717, 1.165) is 41.5 Å². The summed E-state index contributed by atoms with van der Waals surface area (Å²) in [7, 11) is 0. The van der Waals surface area contributed by atoms with E-state index in [1.165, 1.54) is 0 Å². The molecule has 0 amide bonds. The number of aryl methyl sites for hydroxylation is 2. The fourth-order valence-electron chi connectivity index (χ4n) is 1.84. The number of benzene rings is 1. The van der Waals surface area contributed by atoms with Gasteiger partial charge in [0, 0.05) is 23.8 Å². The van der Waals surface area contributed by atoms with Crippen LogP contribution in [-0.2, 0) is 6.42 Å². The summed E-state index contributed by atoms with van der Waals surface area (Å²) in [6.07, 6.45) is 2.67. The average Bonchev–Trinajstić information content (AvgIpc) is 2.58. The molecule has 0 unspecified atom stereocenters. The minimum atomic E-state index is 0.634. The Morgan fingerprint density at radius 1 is 1.50 bits per heavy atom. The molecule has 0 bridgehead atoms. The van der Waals surface area contributed by atoms with E-state index in [9.17, 15) is 4.79 Å². The first-order chi connectivity index (χ1) is 7.67. The van der Waals surface area contributed by atoms with E-state index < -0.39 is 0 Å². The highest BCUT2D eigenvalue weighted by Crippen LogP contribution is 2.23. The van der Waals surface area contributed by atoms with Crippen LogP contribution >= 0.6 is 11.8 Å². The first-order valence-electron chi connectivity index (χ1n) is 5.30. The molecule has 3 nitrogen and oxygen atoms in total. The first-order valence-corrected chi connectivity index (χ1v) is 5.64. The van der Waals surface area contributed by atoms with Crippen LogP contribution in [0.25, 0.3) is 11.0 Å². The number of halogens is 1. The number of aldehydes is 1. The summed E-state index contributed by atoms with van der Waals surface area (Å²) in [5.74, 6) is 0.852.